The lowest BCUT2D eigenvalue weighted by Gasteiger charge is -2.25. The molecule has 0 bridgehead atoms. The van der Waals surface area contributed by atoms with E-state index >= 15 is 0 Å². The van der Waals surface area contributed by atoms with Gasteiger partial charge < -0.3 is 5.43 Å². The van der Waals surface area contributed by atoms with E-state index in [4.69, 9.17) is 0 Å². The fourth-order valence-electron chi connectivity index (χ4n) is 3.74. The van der Waals surface area contributed by atoms with E-state index in [0.29, 0.717) is 11.2 Å². The summed E-state index contributed by atoms with van der Waals surface area (Å²) in [6, 6.07) is 7.60. The van der Waals surface area contributed by atoms with Gasteiger partial charge in [0.05, 0.1) is 5.56 Å². The summed E-state index contributed by atoms with van der Waals surface area (Å²) in [5.74, 6) is 0.255. The van der Waals surface area contributed by atoms with Crippen molar-refractivity contribution in [3.05, 3.63) is 47.7 Å². The molecule has 0 atom stereocenters. The Balaban J connectivity index is 1.90. The third-order valence-corrected chi connectivity index (χ3v) is 5.14. The SMILES string of the molecule is Cc1ccnc2c1nc(-c1ccccc1C(F)(F)F)n2NC1CCCCC1. The molecule has 2 heterocycles. The van der Waals surface area contributed by atoms with Crippen molar-refractivity contribution in [2.45, 2.75) is 51.2 Å². The molecule has 4 nitrogen and oxygen atoms in total. The average molecular weight is 374 g/mol. The maximum Gasteiger partial charge on any atom is 0.417 e. The summed E-state index contributed by atoms with van der Waals surface area (Å²) >= 11 is 0. The molecule has 7 heteroatoms. The number of aryl methyl sites for hydroxylation is 1. The lowest BCUT2D eigenvalue weighted by molar-refractivity contribution is -0.137. The summed E-state index contributed by atoms with van der Waals surface area (Å²) < 4.78 is 42.4. The predicted octanol–water partition coefficient (Wildman–Crippen LogP) is 5.30. The fourth-order valence-corrected chi connectivity index (χ4v) is 3.74. The number of aromatic nitrogens is 3. The van der Waals surface area contributed by atoms with E-state index < -0.39 is 11.7 Å². The Kier molecular flexibility index (Phi) is 4.53. The summed E-state index contributed by atoms with van der Waals surface area (Å²) in [6.07, 6.45) is 2.63. The molecule has 1 aliphatic rings. The molecule has 0 amide bonds. The van der Waals surface area contributed by atoms with Crippen LogP contribution < -0.4 is 5.43 Å². The van der Waals surface area contributed by atoms with E-state index in [1.807, 2.05) is 13.0 Å². The van der Waals surface area contributed by atoms with Crippen LogP contribution in [0.5, 0.6) is 0 Å². The lowest BCUT2D eigenvalue weighted by atomic mass is 9.96. The van der Waals surface area contributed by atoms with Crippen LogP contribution in [0.1, 0.15) is 43.2 Å². The Morgan fingerprint density at radius 2 is 1.81 bits per heavy atom. The van der Waals surface area contributed by atoms with E-state index in [1.165, 1.54) is 18.6 Å². The quantitative estimate of drug-likeness (QED) is 0.676. The molecule has 2 aromatic heterocycles. The third kappa shape index (κ3) is 3.38. The first-order valence-corrected chi connectivity index (χ1v) is 9.22. The highest BCUT2D eigenvalue weighted by molar-refractivity contribution is 5.81. The van der Waals surface area contributed by atoms with Gasteiger partial charge in [0.25, 0.3) is 0 Å². The van der Waals surface area contributed by atoms with Crippen LogP contribution in [-0.2, 0) is 6.18 Å². The van der Waals surface area contributed by atoms with E-state index in [1.54, 1.807) is 16.9 Å². The Morgan fingerprint density at radius 3 is 2.56 bits per heavy atom. The van der Waals surface area contributed by atoms with Gasteiger partial charge in [-0.25, -0.2) is 14.6 Å². The van der Waals surface area contributed by atoms with Crippen LogP contribution in [0.15, 0.2) is 36.5 Å². The Hall–Kier alpha value is -2.57. The molecule has 142 valence electrons. The number of hydrogen-bond acceptors (Lipinski definition) is 3. The number of nitrogens with one attached hydrogen (secondary N) is 1. The Bertz CT molecular complexity index is 956. The smallest absolute Gasteiger partial charge is 0.319 e. The molecule has 0 radical (unpaired) electrons. The first-order valence-electron chi connectivity index (χ1n) is 9.22. The van der Waals surface area contributed by atoms with Gasteiger partial charge in [-0.2, -0.15) is 13.2 Å². The van der Waals surface area contributed by atoms with Crippen molar-refractivity contribution in [3.63, 3.8) is 0 Å². The minimum atomic E-state index is -4.45. The van der Waals surface area contributed by atoms with Crippen LogP contribution in [0.2, 0.25) is 0 Å². The lowest BCUT2D eigenvalue weighted by Crippen LogP contribution is -2.30. The molecular weight excluding hydrogens is 353 g/mol. The van der Waals surface area contributed by atoms with Crippen LogP contribution in [0.25, 0.3) is 22.6 Å². The fraction of sp³-hybridized carbons (Fsp3) is 0.400. The molecule has 1 N–H and O–H groups in total. The van der Waals surface area contributed by atoms with E-state index in [0.717, 1.165) is 37.3 Å². The van der Waals surface area contributed by atoms with Gasteiger partial charge in [-0.15, -0.1) is 0 Å². The minimum Gasteiger partial charge on any atom is -0.319 e. The number of nitrogens with zero attached hydrogens (tertiary/aromatic N) is 3. The molecule has 0 unspecified atom stereocenters. The van der Waals surface area contributed by atoms with Gasteiger partial charge in [0.15, 0.2) is 11.5 Å². The zero-order chi connectivity index (χ0) is 19.0. The standard InChI is InChI=1S/C20H21F3N4/c1-13-11-12-24-19-17(13)25-18(27(19)26-14-7-3-2-4-8-14)15-9-5-6-10-16(15)20(21,22)23/h5-6,9-12,14,26H,2-4,7-8H2,1H3. The monoisotopic (exact) mass is 374 g/mol. The van der Waals surface area contributed by atoms with Crippen LogP contribution >= 0.6 is 0 Å². The molecule has 27 heavy (non-hydrogen) atoms. The zero-order valence-electron chi connectivity index (χ0n) is 15.1. The number of fused-ring (bicyclic) bond motifs is 1. The number of alkyl halides is 3. The first-order chi connectivity index (χ1) is 12.9. The van der Waals surface area contributed by atoms with Gasteiger partial charge in [0.1, 0.15) is 5.52 Å². The average Bonchev–Trinajstić information content (AvgIpc) is 3.02. The second-order valence-corrected chi connectivity index (χ2v) is 7.08. The van der Waals surface area contributed by atoms with Crippen molar-refractivity contribution >= 4 is 11.2 Å². The number of imidazole rings is 1. The molecule has 1 fully saturated rings. The summed E-state index contributed by atoms with van der Waals surface area (Å²) in [4.78, 5) is 8.96. The molecule has 1 saturated carbocycles. The number of rotatable bonds is 3. The van der Waals surface area contributed by atoms with Gasteiger partial charge in [-0.05, 0) is 37.5 Å². The normalized spacial score (nSPS) is 16.0. The molecule has 4 rings (SSSR count). The maximum atomic E-state index is 13.6. The van der Waals surface area contributed by atoms with E-state index in [9.17, 15) is 13.2 Å². The van der Waals surface area contributed by atoms with E-state index in [2.05, 4.69) is 15.4 Å². The molecule has 3 aromatic rings. The molecule has 0 aliphatic heterocycles. The minimum absolute atomic E-state index is 0.0608. The Morgan fingerprint density at radius 1 is 1.07 bits per heavy atom. The van der Waals surface area contributed by atoms with Crippen molar-refractivity contribution in [2.24, 2.45) is 0 Å². The van der Waals surface area contributed by atoms with Crippen molar-refractivity contribution in [1.82, 2.24) is 14.6 Å². The van der Waals surface area contributed by atoms with Crippen LogP contribution in [0.3, 0.4) is 0 Å². The summed E-state index contributed by atoms with van der Waals surface area (Å²) in [5, 5.41) is 0. The van der Waals surface area contributed by atoms with Crippen molar-refractivity contribution in [3.8, 4) is 11.4 Å². The van der Waals surface area contributed by atoms with Gasteiger partial charge in [-0.3, -0.25) is 0 Å². The van der Waals surface area contributed by atoms with Crippen LogP contribution in [0.4, 0.5) is 13.2 Å². The van der Waals surface area contributed by atoms with Crippen LogP contribution in [-0.4, -0.2) is 20.7 Å². The van der Waals surface area contributed by atoms with Gasteiger partial charge in [0, 0.05) is 17.8 Å². The zero-order valence-corrected chi connectivity index (χ0v) is 15.1. The van der Waals surface area contributed by atoms with E-state index in [-0.39, 0.29) is 17.4 Å². The molecule has 0 saturated heterocycles. The van der Waals surface area contributed by atoms with Gasteiger partial charge in [0.2, 0.25) is 0 Å². The Labute approximate surface area is 155 Å². The predicted molar refractivity (Wildman–Crippen MR) is 98.9 cm³/mol. The third-order valence-electron chi connectivity index (χ3n) is 5.14. The highest BCUT2D eigenvalue weighted by Gasteiger charge is 2.35. The number of pyridine rings is 1. The van der Waals surface area contributed by atoms with Crippen molar-refractivity contribution < 1.29 is 13.2 Å². The molecule has 0 spiro atoms. The second-order valence-electron chi connectivity index (χ2n) is 7.08. The summed E-state index contributed by atoms with van der Waals surface area (Å²) in [7, 11) is 0. The van der Waals surface area contributed by atoms with Gasteiger partial charge >= 0.3 is 6.18 Å². The topological polar surface area (TPSA) is 42.7 Å². The maximum absolute atomic E-state index is 13.6. The number of hydrogen-bond donors (Lipinski definition) is 1. The largest absolute Gasteiger partial charge is 0.417 e. The summed E-state index contributed by atoms with van der Waals surface area (Å²) in [6.45, 7) is 1.89. The van der Waals surface area contributed by atoms with Gasteiger partial charge in [-0.1, -0.05) is 37.5 Å². The van der Waals surface area contributed by atoms with Crippen molar-refractivity contribution in [1.29, 1.82) is 0 Å². The second kappa shape index (κ2) is 6.87. The number of halogens is 3. The highest BCUT2D eigenvalue weighted by atomic mass is 19.4. The molecule has 1 aromatic carbocycles. The number of benzene rings is 1. The van der Waals surface area contributed by atoms with Crippen molar-refractivity contribution in [2.75, 3.05) is 5.43 Å². The molecule has 1 aliphatic carbocycles. The first kappa shape index (κ1) is 17.8. The molecular formula is C20H21F3N4. The van der Waals surface area contributed by atoms with Crippen LogP contribution in [0, 0.1) is 6.92 Å². The summed E-state index contributed by atoms with van der Waals surface area (Å²) in [5.41, 5.74) is 4.84. The highest BCUT2D eigenvalue weighted by Crippen LogP contribution is 2.37.